The normalized spacial score (nSPS) is 15.4. The van der Waals surface area contributed by atoms with E-state index in [0.717, 1.165) is 30.4 Å². The number of Topliss-reactive ketones (excluding diaryl/α,β-unsaturated/α-hetero) is 1. The van der Waals surface area contributed by atoms with Crippen LogP contribution in [0.4, 0.5) is 0 Å². The number of nitrogens with one attached hydrogen (secondary N) is 1. The van der Waals surface area contributed by atoms with E-state index in [1.807, 2.05) is 26.0 Å². The minimum atomic E-state index is -0.846. The van der Waals surface area contributed by atoms with Crippen molar-refractivity contribution in [1.82, 2.24) is 5.32 Å². The molecule has 0 spiro atoms. The number of aryl methyl sites for hydroxylation is 2. The van der Waals surface area contributed by atoms with Crippen LogP contribution in [0.15, 0.2) is 18.2 Å². The zero-order chi connectivity index (χ0) is 19.9. The Morgan fingerprint density at radius 2 is 1.81 bits per heavy atom. The zero-order valence-electron chi connectivity index (χ0n) is 16.0. The Hall–Kier alpha value is -2.68. The summed E-state index contributed by atoms with van der Waals surface area (Å²) in [7, 11) is 0. The Morgan fingerprint density at radius 3 is 2.44 bits per heavy atom. The van der Waals surface area contributed by atoms with Gasteiger partial charge in [0.1, 0.15) is 5.54 Å². The maximum atomic E-state index is 12.2. The van der Waals surface area contributed by atoms with Crippen molar-refractivity contribution in [3.05, 3.63) is 34.9 Å². The van der Waals surface area contributed by atoms with Crippen molar-refractivity contribution in [1.29, 1.82) is 5.26 Å². The van der Waals surface area contributed by atoms with Gasteiger partial charge in [-0.25, -0.2) is 0 Å². The monoisotopic (exact) mass is 370 g/mol. The van der Waals surface area contributed by atoms with E-state index in [4.69, 9.17) is 4.74 Å². The summed E-state index contributed by atoms with van der Waals surface area (Å²) >= 11 is 0. The van der Waals surface area contributed by atoms with Gasteiger partial charge < -0.3 is 10.1 Å². The van der Waals surface area contributed by atoms with Crippen molar-refractivity contribution in [3.63, 3.8) is 0 Å². The Bertz CT molecular complexity index is 758. The fourth-order valence-electron chi connectivity index (χ4n) is 3.22. The highest BCUT2D eigenvalue weighted by atomic mass is 16.5. The van der Waals surface area contributed by atoms with E-state index in [2.05, 4.69) is 11.4 Å². The van der Waals surface area contributed by atoms with Crippen molar-refractivity contribution in [3.8, 4) is 6.07 Å². The number of ether oxygens (including phenoxy) is 1. The highest BCUT2D eigenvalue weighted by Gasteiger charge is 2.33. The average Bonchev–Trinajstić information content (AvgIpc) is 2.67. The quantitative estimate of drug-likeness (QED) is 0.587. The standard InChI is InChI=1S/C21H26N2O4/c1-15-6-7-17(12-16(15)2)18(24)8-9-20(26)27-13-19(25)23-21(14-22)10-4-3-5-11-21/h6-7,12H,3-5,8-11,13H2,1-2H3,(H,23,25). The van der Waals surface area contributed by atoms with Crippen LogP contribution in [0.25, 0.3) is 0 Å². The number of hydrogen-bond donors (Lipinski definition) is 1. The highest BCUT2D eigenvalue weighted by Crippen LogP contribution is 2.27. The molecule has 27 heavy (non-hydrogen) atoms. The summed E-state index contributed by atoms with van der Waals surface area (Å²) in [6, 6.07) is 7.61. The van der Waals surface area contributed by atoms with Crippen LogP contribution >= 0.6 is 0 Å². The SMILES string of the molecule is Cc1ccc(C(=O)CCC(=O)OCC(=O)NC2(C#N)CCCCC2)cc1C. The van der Waals surface area contributed by atoms with Gasteiger partial charge >= 0.3 is 5.97 Å². The zero-order valence-corrected chi connectivity index (χ0v) is 16.0. The van der Waals surface area contributed by atoms with Gasteiger partial charge in [-0.15, -0.1) is 0 Å². The summed E-state index contributed by atoms with van der Waals surface area (Å²) in [4.78, 5) is 36.0. The molecule has 0 aromatic heterocycles. The molecule has 1 aromatic rings. The van der Waals surface area contributed by atoms with Crippen molar-refractivity contribution in [2.45, 2.75) is 64.3 Å². The Labute approximate surface area is 159 Å². The molecule has 144 valence electrons. The lowest BCUT2D eigenvalue weighted by Gasteiger charge is -2.31. The molecule has 2 rings (SSSR count). The van der Waals surface area contributed by atoms with Gasteiger partial charge in [-0.3, -0.25) is 14.4 Å². The van der Waals surface area contributed by atoms with Crippen LogP contribution in [0.5, 0.6) is 0 Å². The third kappa shape index (κ3) is 5.92. The van der Waals surface area contributed by atoms with Gasteiger partial charge in [0.15, 0.2) is 12.4 Å². The number of carbonyl (C=O) groups is 3. The number of carbonyl (C=O) groups excluding carboxylic acids is 3. The molecule has 0 aliphatic heterocycles. The minimum absolute atomic E-state index is 0.0328. The Morgan fingerprint density at radius 1 is 1.11 bits per heavy atom. The predicted molar refractivity (Wildman–Crippen MR) is 100 cm³/mol. The van der Waals surface area contributed by atoms with Crippen LogP contribution in [0.3, 0.4) is 0 Å². The second kappa shape index (κ2) is 9.31. The molecule has 0 atom stereocenters. The summed E-state index contributed by atoms with van der Waals surface area (Å²) in [5, 5.41) is 12.0. The molecule has 1 fully saturated rings. The molecular weight excluding hydrogens is 344 g/mol. The first-order valence-electron chi connectivity index (χ1n) is 9.33. The predicted octanol–water partition coefficient (Wildman–Crippen LogP) is 3.15. The fraction of sp³-hybridized carbons (Fsp3) is 0.524. The second-order valence-electron chi connectivity index (χ2n) is 7.19. The van der Waals surface area contributed by atoms with Crippen molar-refractivity contribution in [2.24, 2.45) is 0 Å². The number of amides is 1. The van der Waals surface area contributed by atoms with E-state index >= 15 is 0 Å². The van der Waals surface area contributed by atoms with Gasteiger partial charge in [0.2, 0.25) is 0 Å². The first kappa shape index (κ1) is 20.6. The summed E-state index contributed by atoms with van der Waals surface area (Å²) in [6.45, 7) is 3.47. The molecule has 1 aliphatic carbocycles. The van der Waals surface area contributed by atoms with Crippen LogP contribution < -0.4 is 5.32 Å². The smallest absolute Gasteiger partial charge is 0.306 e. The Kier molecular flexibility index (Phi) is 7.12. The molecule has 1 aromatic carbocycles. The van der Waals surface area contributed by atoms with Crippen LogP contribution in [-0.4, -0.2) is 29.8 Å². The lowest BCUT2D eigenvalue weighted by molar-refractivity contribution is -0.148. The molecule has 0 bridgehead atoms. The number of rotatable bonds is 7. The van der Waals surface area contributed by atoms with Gasteiger partial charge in [0.25, 0.3) is 5.91 Å². The van der Waals surface area contributed by atoms with Crippen LogP contribution in [0, 0.1) is 25.2 Å². The first-order chi connectivity index (χ1) is 12.8. The second-order valence-corrected chi connectivity index (χ2v) is 7.19. The summed E-state index contributed by atoms with van der Waals surface area (Å²) < 4.78 is 4.95. The van der Waals surface area contributed by atoms with Crippen molar-refractivity contribution in [2.75, 3.05) is 6.61 Å². The largest absolute Gasteiger partial charge is 0.456 e. The molecule has 0 heterocycles. The number of hydrogen-bond acceptors (Lipinski definition) is 5. The third-order valence-electron chi connectivity index (χ3n) is 5.05. The molecule has 0 unspecified atom stereocenters. The van der Waals surface area contributed by atoms with Gasteiger partial charge in [-0.05, 0) is 43.9 Å². The van der Waals surface area contributed by atoms with Gasteiger partial charge in [0.05, 0.1) is 12.5 Å². The molecular formula is C21H26N2O4. The van der Waals surface area contributed by atoms with Crippen LogP contribution in [0.2, 0.25) is 0 Å². The number of nitriles is 1. The number of nitrogens with zero attached hydrogens (tertiary/aromatic N) is 1. The first-order valence-corrected chi connectivity index (χ1v) is 9.33. The van der Waals surface area contributed by atoms with Gasteiger partial charge in [-0.1, -0.05) is 31.4 Å². The molecule has 6 heteroatoms. The maximum Gasteiger partial charge on any atom is 0.306 e. The number of benzene rings is 1. The average molecular weight is 370 g/mol. The van der Waals surface area contributed by atoms with E-state index in [1.165, 1.54) is 0 Å². The fourth-order valence-corrected chi connectivity index (χ4v) is 3.22. The van der Waals surface area contributed by atoms with Gasteiger partial charge in [0, 0.05) is 12.0 Å². The van der Waals surface area contributed by atoms with E-state index in [0.29, 0.717) is 18.4 Å². The maximum absolute atomic E-state index is 12.2. The van der Waals surface area contributed by atoms with E-state index < -0.39 is 24.0 Å². The highest BCUT2D eigenvalue weighted by molar-refractivity contribution is 5.97. The molecule has 6 nitrogen and oxygen atoms in total. The molecule has 0 radical (unpaired) electrons. The van der Waals surface area contributed by atoms with E-state index in [-0.39, 0.29) is 18.6 Å². The number of esters is 1. The summed E-state index contributed by atoms with van der Waals surface area (Å²) in [5.41, 5.74) is 1.84. The molecule has 1 amide bonds. The van der Waals surface area contributed by atoms with Crippen LogP contribution in [0.1, 0.15) is 66.4 Å². The summed E-state index contributed by atoms with van der Waals surface area (Å²) in [6.07, 6.45) is 4.04. The lowest BCUT2D eigenvalue weighted by atomic mass is 9.83. The van der Waals surface area contributed by atoms with Crippen molar-refractivity contribution < 1.29 is 19.1 Å². The molecule has 1 N–H and O–H groups in total. The van der Waals surface area contributed by atoms with Gasteiger partial charge in [-0.2, -0.15) is 5.26 Å². The van der Waals surface area contributed by atoms with Crippen molar-refractivity contribution >= 4 is 17.7 Å². The van der Waals surface area contributed by atoms with E-state index in [1.54, 1.807) is 6.07 Å². The van der Waals surface area contributed by atoms with Crippen LogP contribution in [-0.2, 0) is 14.3 Å². The van der Waals surface area contributed by atoms with E-state index in [9.17, 15) is 19.6 Å². The minimum Gasteiger partial charge on any atom is -0.456 e. The molecule has 0 saturated heterocycles. The Balaban J connectivity index is 1.75. The summed E-state index contributed by atoms with van der Waals surface area (Å²) in [5.74, 6) is -1.21. The number of ketones is 1. The molecule has 1 aliphatic rings. The lowest BCUT2D eigenvalue weighted by Crippen LogP contribution is -2.50. The molecule has 1 saturated carbocycles. The third-order valence-corrected chi connectivity index (χ3v) is 5.05. The topological polar surface area (TPSA) is 96.3 Å².